The predicted molar refractivity (Wildman–Crippen MR) is 102 cm³/mol. The highest BCUT2D eigenvalue weighted by atomic mass is 19.4. The molecule has 0 radical (unpaired) electrons. The first kappa shape index (κ1) is 25.5. The SMILES string of the molecule is CCC(c1ccc(O)cc1)C(CC)c1ccc(OC(=O)C(F)(F)C(F)(F)C(F)(F)F)cc1. The van der Waals surface area contributed by atoms with E-state index < -0.39 is 29.7 Å². The number of benzene rings is 2. The van der Waals surface area contributed by atoms with Crippen LogP contribution in [0.2, 0.25) is 0 Å². The number of phenols is 1. The van der Waals surface area contributed by atoms with Gasteiger partial charge in [-0.05, 0) is 60.1 Å². The van der Waals surface area contributed by atoms with Crippen molar-refractivity contribution in [2.75, 3.05) is 0 Å². The molecule has 2 aromatic carbocycles. The number of rotatable bonds is 8. The quantitative estimate of drug-likeness (QED) is 0.264. The fraction of sp³-hybridized carbons (Fsp3) is 0.409. The molecule has 0 aromatic heterocycles. The van der Waals surface area contributed by atoms with Crippen molar-refractivity contribution >= 4 is 5.97 Å². The molecule has 0 saturated heterocycles. The van der Waals surface area contributed by atoms with Crippen LogP contribution in [-0.4, -0.2) is 29.1 Å². The number of carbonyl (C=O) groups is 1. The molecule has 176 valence electrons. The van der Waals surface area contributed by atoms with E-state index in [1.165, 1.54) is 12.1 Å². The minimum Gasteiger partial charge on any atom is -0.508 e. The smallest absolute Gasteiger partial charge is 0.460 e. The van der Waals surface area contributed by atoms with Gasteiger partial charge in [0.15, 0.2) is 0 Å². The summed E-state index contributed by atoms with van der Waals surface area (Å²) < 4.78 is 93.7. The molecule has 0 heterocycles. The lowest BCUT2D eigenvalue weighted by Crippen LogP contribution is -2.57. The predicted octanol–water partition coefficient (Wildman–Crippen LogP) is 6.82. The Bertz CT molecular complexity index is 907. The zero-order valence-electron chi connectivity index (χ0n) is 17.1. The van der Waals surface area contributed by atoms with Crippen molar-refractivity contribution in [1.29, 1.82) is 0 Å². The third kappa shape index (κ3) is 4.99. The molecule has 0 saturated carbocycles. The summed E-state index contributed by atoms with van der Waals surface area (Å²) in [5.74, 6) is -16.2. The van der Waals surface area contributed by atoms with Gasteiger partial charge in [0.2, 0.25) is 0 Å². The Kier molecular flexibility index (Phi) is 7.47. The van der Waals surface area contributed by atoms with E-state index in [1.807, 2.05) is 13.8 Å². The van der Waals surface area contributed by atoms with Gasteiger partial charge in [-0.15, -0.1) is 0 Å². The van der Waals surface area contributed by atoms with Gasteiger partial charge in [-0.1, -0.05) is 38.1 Å². The highest BCUT2D eigenvalue weighted by molar-refractivity contribution is 5.81. The number of esters is 1. The fourth-order valence-corrected chi connectivity index (χ4v) is 3.49. The third-order valence-corrected chi connectivity index (χ3v) is 5.21. The van der Waals surface area contributed by atoms with Gasteiger partial charge >= 0.3 is 24.0 Å². The molecule has 2 aromatic rings. The standard InChI is InChI=1S/C22H21F7O3/c1-3-17(13-5-9-15(30)10-6-13)18(4-2)14-7-11-16(12-8-14)32-19(31)20(23,24)21(25,26)22(27,28)29/h5-12,17-18,30H,3-4H2,1-2H3. The average molecular weight is 466 g/mol. The van der Waals surface area contributed by atoms with Crippen LogP contribution in [0.15, 0.2) is 48.5 Å². The zero-order chi connectivity index (χ0) is 24.3. The Balaban J connectivity index is 2.22. The van der Waals surface area contributed by atoms with Gasteiger partial charge in [0.05, 0.1) is 0 Å². The Morgan fingerprint density at radius 3 is 1.59 bits per heavy atom. The van der Waals surface area contributed by atoms with Crippen LogP contribution in [0.4, 0.5) is 30.7 Å². The lowest BCUT2D eigenvalue weighted by Gasteiger charge is -2.27. The molecule has 0 fully saturated rings. The number of ether oxygens (including phenoxy) is 1. The molecule has 0 aliphatic rings. The average Bonchev–Trinajstić information content (AvgIpc) is 2.72. The normalized spacial score (nSPS) is 14.7. The lowest BCUT2D eigenvalue weighted by atomic mass is 9.78. The van der Waals surface area contributed by atoms with Gasteiger partial charge < -0.3 is 9.84 Å². The van der Waals surface area contributed by atoms with Crippen LogP contribution < -0.4 is 4.74 Å². The summed E-state index contributed by atoms with van der Waals surface area (Å²) in [4.78, 5) is 11.4. The molecule has 2 atom stereocenters. The molecule has 3 nitrogen and oxygen atoms in total. The molecule has 0 aliphatic heterocycles. The Hall–Kier alpha value is -2.78. The van der Waals surface area contributed by atoms with Crippen molar-refractivity contribution in [1.82, 2.24) is 0 Å². The molecule has 2 unspecified atom stereocenters. The lowest BCUT2D eigenvalue weighted by molar-refractivity contribution is -0.346. The van der Waals surface area contributed by atoms with E-state index in [2.05, 4.69) is 4.74 Å². The van der Waals surface area contributed by atoms with Gasteiger partial charge in [0.1, 0.15) is 11.5 Å². The third-order valence-electron chi connectivity index (χ3n) is 5.21. The van der Waals surface area contributed by atoms with E-state index in [0.717, 1.165) is 29.7 Å². The first-order valence-corrected chi connectivity index (χ1v) is 9.69. The van der Waals surface area contributed by atoms with E-state index in [0.29, 0.717) is 6.42 Å². The number of hydrogen-bond acceptors (Lipinski definition) is 3. The molecule has 0 spiro atoms. The van der Waals surface area contributed by atoms with Crippen LogP contribution in [0.1, 0.15) is 49.7 Å². The monoisotopic (exact) mass is 466 g/mol. The molecule has 0 bridgehead atoms. The number of alkyl halides is 7. The number of hydrogen-bond donors (Lipinski definition) is 1. The molecule has 0 aliphatic carbocycles. The maximum atomic E-state index is 13.4. The largest absolute Gasteiger partial charge is 0.508 e. The molecular weight excluding hydrogens is 445 g/mol. The fourth-order valence-electron chi connectivity index (χ4n) is 3.49. The summed E-state index contributed by atoms with van der Waals surface area (Å²) >= 11 is 0. The second-order valence-corrected chi connectivity index (χ2v) is 7.23. The molecule has 0 amide bonds. The van der Waals surface area contributed by atoms with Gasteiger partial charge in [-0.25, -0.2) is 4.79 Å². The zero-order valence-corrected chi connectivity index (χ0v) is 17.1. The summed E-state index contributed by atoms with van der Waals surface area (Å²) in [7, 11) is 0. The van der Waals surface area contributed by atoms with Crippen LogP contribution in [0.5, 0.6) is 11.5 Å². The summed E-state index contributed by atoms with van der Waals surface area (Å²) in [6.45, 7) is 3.88. The van der Waals surface area contributed by atoms with Crippen molar-refractivity contribution in [3.8, 4) is 11.5 Å². The van der Waals surface area contributed by atoms with E-state index >= 15 is 0 Å². The molecule has 10 heteroatoms. The Labute approximate surface area is 179 Å². The molecule has 1 N–H and O–H groups in total. The van der Waals surface area contributed by atoms with Crippen molar-refractivity contribution in [2.45, 2.75) is 56.5 Å². The summed E-state index contributed by atoms with van der Waals surface area (Å²) in [5, 5.41) is 9.47. The van der Waals surface area contributed by atoms with E-state index in [-0.39, 0.29) is 17.6 Å². The first-order valence-electron chi connectivity index (χ1n) is 9.69. The topological polar surface area (TPSA) is 46.5 Å². The van der Waals surface area contributed by atoms with Gasteiger partial charge in [0, 0.05) is 0 Å². The van der Waals surface area contributed by atoms with Crippen molar-refractivity contribution < 1.29 is 45.4 Å². The van der Waals surface area contributed by atoms with E-state index in [9.17, 15) is 40.6 Å². The minimum atomic E-state index is -6.63. The van der Waals surface area contributed by atoms with Crippen LogP contribution in [0.25, 0.3) is 0 Å². The van der Waals surface area contributed by atoms with E-state index in [1.54, 1.807) is 24.3 Å². The van der Waals surface area contributed by atoms with Gasteiger partial charge in [-0.3, -0.25) is 0 Å². The van der Waals surface area contributed by atoms with Gasteiger partial charge in [-0.2, -0.15) is 30.7 Å². The van der Waals surface area contributed by atoms with Crippen LogP contribution >= 0.6 is 0 Å². The maximum absolute atomic E-state index is 13.4. The highest BCUT2D eigenvalue weighted by Gasteiger charge is 2.77. The second kappa shape index (κ2) is 9.38. The number of halogens is 7. The van der Waals surface area contributed by atoms with Crippen molar-refractivity contribution in [2.24, 2.45) is 0 Å². The Morgan fingerprint density at radius 1 is 0.812 bits per heavy atom. The number of carbonyl (C=O) groups excluding carboxylic acids is 1. The van der Waals surface area contributed by atoms with Crippen molar-refractivity contribution in [3.05, 3.63) is 59.7 Å². The Morgan fingerprint density at radius 2 is 1.22 bits per heavy atom. The highest BCUT2D eigenvalue weighted by Crippen LogP contribution is 2.47. The number of phenolic OH excluding ortho intramolecular Hbond substituents is 1. The second-order valence-electron chi connectivity index (χ2n) is 7.23. The molecule has 2 rings (SSSR count). The summed E-state index contributed by atoms with van der Waals surface area (Å²) in [5.41, 5.74) is 1.67. The maximum Gasteiger partial charge on any atom is 0.460 e. The van der Waals surface area contributed by atoms with Crippen LogP contribution in [0, 0.1) is 0 Å². The van der Waals surface area contributed by atoms with Crippen molar-refractivity contribution in [3.63, 3.8) is 0 Å². The van der Waals surface area contributed by atoms with E-state index in [4.69, 9.17) is 0 Å². The first-order chi connectivity index (χ1) is 14.8. The minimum absolute atomic E-state index is 0.0174. The van der Waals surface area contributed by atoms with Crippen LogP contribution in [-0.2, 0) is 4.79 Å². The summed E-state index contributed by atoms with van der Waals surface area (Å²) in [6, 6.07) is 11.6. The molecular formula is C22H21F7O3. The molecule has 32 heavy (non-hydrogen) atoms. The summed E-state index contributed by atoms with van der Waals surface area (Å²) in [6.07, 6.45) is -5.25. The van der Waals surface area contributed by atoms with Crippen LogP contribution in [0.3, 0.4) is 0 Å². The van der Waals surface area contributed by atoms with Gasteiger partial charge in [0.25, 0.3) is 0 Å². The number of aromatic hydroxyl groups is 1.